The van der Waals surface area contributed by atoms with E-state index >= 15 is 0 Å². The molecule has 0 aliphatic rings. The quantitative estimate of drug-likeness (QED) is 0.607. The number of nitrogens with zero attached hydrogens (tertiary/aromatic N) is 1. The minimum atomic E-state index is -0.636. The first-order valence-electron chi connectivity index (χ1n) is 8.21. The number of primary amides is 1. The number of urea groups is 1. The van der Waals surface area contributed by atoms with Crippen molar-refractivity contribution in [1.29, 1.82) is 0 Å². The normalized spacial score (nSPS) is 11.3. The lowest BCUT2D eigenvalue weighted by molar-refractivity contribution is -0.132. The molecule has 0 radical (unpaired) electrons. The van der Waals surface area contributed by atoms with Gasteiger partial charge in [0.1, 0.15) is 0 Å². The van der Waals surface area contributed by atoms with Gasteiger partial charge in [0.25, 0.3) is 0 Å². The van der Waals surface area contributed by atoms with Crippen LogP contribution < -0.4 is 16.8 Å². The van der Waals surface area contributed by atoms with Crippen LogP contribution >= 0.6 is 23.7 Å². The molecular formula is C18H25ClN4O2S. The number of carbonyl (C=O) groups is 2. The van der Waals surface area contributed by atoms with Crippen molar-refractivity contribution in [3.05, 3.63) is 58.3 Å². The predicted molar refractivity (Wildman–Crippen MR) is 107 cm³/mol. The van der Waals surface area contributed by atoms with Crippen LogP contribution in [0.4, 0.5) is 4.79 Å². The number of halogens is 1. The number of amides is 3. The summed E-state index contributed by atoms with van der Waals surface area (Å²) >= 11 is 1.49. The van der Waals surface area contributed by atoms with Crippen molar-refractivity contribution in [2.45, 2.75) is 25.4 Å². The molecule has 6 nitrogen and oxygen atoms in total. The van der Waals surface area contributed by atoms with Gasteiger partial charge in [-0.1, -0.05) is 36.4 Å². The van der Waals surface area contributed by atoms with Gasteiger partial charge >= 0.3 is 6.03 Å². The molecule has 0 aliphatic carbocycles. The monoisotopic (exact) mass is 396 g/mol. The Hall–Kier alpha value is -2.09. The molecule has 2 aromatic rings. The summed E-state index contributed by atoms with van der Waals surface area (Å²) in [4.78, 5) is 26.8. The molecule has 1 aromatic carbocycles. The van der Waals surface area contributed by atoms with Crippen LogP contribution in [0.5, 0.6) is 0 Å². The van der Waals surface area contributed by atoms with Crippen molar-refractivity contribution in [2.75, 3.05) is 13.1 Å². The zero-order valence-electron chi connectivity index (χ0n) is 14.5. The first kappa shape index (κ1) is 22.0. The van der Waals surface area contributed by atoms with E-state index in [2.05, 4.69) is 5.32 Å². The second kappa shape index (κ2) is 11.5. The SMILES string of the molecule is Cl.NCCCN(Cc1ccccc1)C(=O)CC(NC(N)=O)c1cccs1. The maximum atomic E-state index is 12.8. The first-order chi connectivity index (χ1) is 12.1. The van der Waals surface area contributed by atoms with E-state index in [1.54, 1.807) is 4.90 Å². The maximum Gasteiger partial charge on any atom is 0.312 e. The van der Waals surface area contributed by atoms with Crippen LogP contribution in [0, 0.1) is 0 Å². The Kier molecular flexibility index (Phi) is 9.72. The summed E-state index contributed by atoms with van der Waals surface area (Å²) in [5.74, 6) is -0.0375. The van der Waals surface area contributed by atoms with Crippen LogP contribution in [0.25, 0.3) is 0 Å². The first-order valence-corrected chi connectivity index (χ1v) is 9.09. The van der Waals surface area contributed by atoms with E-state index in [1.807, 2.05) is 47.8 Å². The minimum Gasteiger partial charge on any atom is -0.352 e. The topological polar surface area (TPSA) is 101 Å². The van der Waals surface area contributed by atoms with Gasteiger partial charge in [-0.3, -0.25) is 4.79 Å². The number of hydrogen-bond acceptors (Lipinski definition) is 4. The third kappa shape index (κ3) is 7.03. The van der Waals surface area contributed by atoms with Crippen LogP contribution in [0.15, 0.2) is 47.8 Å². The summed E-state index contributed by atoms with van der Waals surface area (Å²) in [6, 6.07) is 12.5. The molecule has 1 atom stereocenters. The fourth-order valence-corrected chi connectivity index (χ4v) is 3.34. The van der Waals surface area contributed by atoms with Crippen molar-refractivity contribution in [3.8, 4) is 0 Å². The lowest BCUT2D eigenvalue weighted by atomic mass is 10.1. The van der Waals surface area contributed by atoms with Crippen molar-refractivity contribution >= 4 is 35.7 Å². The highest BCUT2D eigenvalue weighted by Gasteiger charge is 2.22. The predicted octanol–water partition coefficient (Wildman–Crippen LogP) is 2.65. The standard InChI is InChI=1S/C18H24N4O2S.ClH/c19-9-5-10-22(13-14-6-2-1-3-7-14)17(23)12-15(21-18(20)24)16-8-4-11-25-16;/h1-4,6-8,11,15H,5,9-10,12-13,19H2,(H3,20,21,24);1H. The number of nitrogens with two attached hydrogens (primary N) is 2. The van der Waals surface area contributed by atoms with Crippen molar-refractivity contribution in [3.63, 3.8) is 0 Å². The Morgan fingerprint density at radius 2 is 1.88 bits per heavy atom. The third-order valence-corrected chi connectivity index (χ3v) is 4.77. The van der Waals surface area contributed by atoms with Crippen molar-refractivity contribution < 1.29 is 9.59 Å². The molecule has 0 bridgehead atoms. The maximum absolute atomic E-state index is 12.8. The highest BCUT2D eigenvalue weighted by molar-refractivity contribution is 7.10. The summed E-state index contributed by atoms with van der Waals surface area (Å²) < 4.78 is 0. The molecule has 3 amide bonds. The molecule has 1 unspecified atom stereocenters. The Balaban J connectivity index is 0.00000338. The molecule has 0 fully saturated rings. The summed E-state index contributed by atoms with van der Waals surface area (Å²) in [5.41, 5.74) is 11.9. The largest absolute Gasteiger partial charge is 0.352 e. The summed E-state index contributed by atoms with van der Waals surface area (Å²) in [7, 11) is 0. The number of rotatable bonds is 9. The van der Waals surface area contributed by atoms with E-state index in [4.69, 9.17) is 11.5 Å². The highest BCUT2D eigenvalue weighted by Crippen LogP contribution is 2.23. The third-order valence-electron chi connectivity index (χ3n) is 3.78. The lowest BCUT2D eigenvalue weighted by Gasteiger charge is -2.25. The number of nitrogens with one attached hydrogen (secondary N) is 1. The molecular weight excluding hydrogens is 372 g/mol. The number of carbonyl (C=O) groups excluding carboxylic acids is 2. The molecule has 142 valence electrons. The van der Waals surface area contributed by atoms with Gasteiger partial charge in [0.2, 0.25) is 5.91 Å². The van der Waals surface area contributed by atoms with Gasteiger partial charge in [-0.25, -0.2) is 4.79 Å². The van der Waals surface area contributed by atoms with Gasteiger partial charge in [-0.15, -0.1) is 23.7 Å². The molecule has 5 N–H and O–H groups in total. The Morgan fingerprint density at radius 1 is 1.15 bits per heavy atom. The van der Waals surface area contributed by atoms with Gasteiger partial charge in [0, 0.05) is 18.0 Å². The van der Waals surface area contributed by atoms with Gasteiger partial charge in [-0.2, -0.15) is 0 Å². The van der Waals surface area contributed by atoms with Crippen molar-refractivity contribution in [1.82, 2.24) is 10.2 Å². The summed E-state index contributed by atoms with van der Waals surface area (Å²) in [6.07, 6.45) is 0.895. The number of hydrogen-bond donors (Lipinski definition) is 3. The summed E-state index contributed by atoms with van der Waals surface area (Å²) in [5, 5.41) is 4.57. The average Bonchev–Trinajstić information content (AvgIpc) is 3.13. The molecule has 0 saturated heterocycles. The fraction of sp³-hybridized carbons (Fsp3) is 0.333. The van der Waals surface area contributed by atoms with Crippen LogP contribution in [0.1, 0.15) is 29.3 Å². The zero-order valence-corrected chi connectivity index (χ0v) is 16.1. The molecule has 0 spiro atoms. The number of thiophene rings is 1. The van der Waals surface area contributed by atoms with E-state index < -0.39 is 12.1 Å². The number of benzene rings is 1. The van der Waals surface area contributed by atoms with E-state index in [9.17, 15) is 9.59 Å². The molecule has 0 aliphatic heterocycles. The molecule has 0 saturated carbocycles. The Morgan fingerprint density at radius 3 is 2.46 bits per heavy atom. The molecule has 1 heterocycles. The minimum absolute atomic E-state index is 0. The van der Waals surface area contributed by atoms with Crippen LogP contribution in [0.3, 0.4) is 0 Å². The Bertz CT molecular complexity index is 667. The molecule has 8 heteroatoms. The zero-order chi connectivity index (χ0) is 18.1. The second-order valence-electron chi connectivity index (χ2n) is 5.72. The molecule has 2 rings (SSSR count). The van der Waals surface area contributed by atoms with Gasteiger partial charge in [-0.05, 0) is 30.0 Å². The second-order valence-corrected chi connectivity index (χ2v) is 6.70. The summed E-state index contributed by atoms with van der Waals surface area (Å²) in [6.45, 7) is 1.62. The Labute approximate surface area is 164 Å². The van der Waals surface area contributed by atoms with E-state index in [0.717, 1.165) is 16.9 Å². The van der Waals surface area contributed by atoms with Gasteiger partial charge < -0.3 is 21.7 Å². The van der Waals surface area contributed by atoms with E-state index in [-0.39, 0.29) is 24.7 Å². The molecule has 26 heavy (non-hydrogen) atoms. The van der Waals surface area contributed by atoms with E-state index in [1.165, 1.54) is 11.3 Å². The van der Waals surface area contributed by atoms with Crippen LogP contribution in [0.2, 0.25) is 0 Å². The van der Waals surface area contributed by atoms with Crippen LogP contribution in [-0.2, 0) is 11.3 Å². The van der Waals surface area contributed by atoms with Crippen LogP contribution in [-0.4, -0.2) is 29.9 Å². The van der Waals surface area contributed by atoms with Gasteiger partial charge in [0.15, 0.2) is 0 Å². The molecule has 1 aromatic heterocycles. The highest BCUT2D eigenvalue weighted by atomic mass is 35.5. The van der Waals surface area contributed by atoms with Gasteiger partial charge in [0.05, 0.1) is 12.5 Å². The lowest BCUT2D eigenvalue weighted by Crippen LogP contribution is -2.38. The van der Waals surface area contributed by atoms with E-state index in [0.29, 0.717) is 19.6 Å². The smallest absolute Gasteiger partial charge is 0.312 e. The van der Waals surface area contributed by atoms with Crippen molar-refractivity contribution in [2.24, 2.45) is 11.5 Å². The average molecular weight is 397 g/mol. The fourth-order valence-electron chi connectivity index (χ4n) is 2.57.